The molecule has 1 saturated heterocycles. The van der Waals surface area contributed by atoms with Gasteiger partial charge in [0.1, 0.15) is 12.4 Å². The summed E-state index contributed by atoms with van der Waals surface area (Å²) in [7, 11) is 0. The van der Waals surface area contributed by atoms with Gasteiger partial charge < -0.3 is 24.2 Å². The highest BCUT2D eigenvalue weighted by atomic mass is 16.5. The van der Waals surface area contributed by atoms with E-state index in [1.165, 1.54) is 0 Å². The predicted octanol–water partition coefficient (Wildman–Crippen LogP) is 3.74. The van der Waals surface area contributed by atoms with E-state index in [4.69, 9.17) is 14.0 Å². The number of pyridine rings is 1. The van der Waals surface area contributed by atoms with Gasteiger partial charge in [-0.3, -0.25) is 4.98 Å². The van der Waals surface area contributed by atoms with Crippen molar-refractivity contribution >= 4 is 11.7 Å². The van der Waals surface area contributed by atoms with Crippen LogP contribution in [-0.4, -0.2) is 51.9 Å². The quantitative estimate of drug-likeness (QED) is 0.617. The van der Waals surface area contributed by atoms with E-state index in [9.17, 15) is 4.79 Å². The third kappa shape index (κ3) is 5.37. The molecule has 2 aromatic heterocycles. The van der Waals surface area contributed by atoms with Crippen molar-refractivity contribution in [2.45, 2.75) is 32.5 Å². The van der Waals surface area contributed by atoms with Crippen molar-refractivity contribution in [2.24, 2.45) is 0 Å². The van der Waals surface area contributed by atoms with Crippen LogP contribution in [0.15, 0.2) is 53.3 Å². The van der Waals surface area contributed by atoms with Crippen molar-refractivity contribution in [3.8, 4) is 17.1 Å². The number of amides is 2. The van der Waals surface area contributed by atoms with Crippen molar-refractivity contribution in [2.75, 3.05) is 25.0 Å². The maximum absolute atomic E-state index is 12.8. The first kappa shape index (κ1) is 20.8. The molecule has 9 heteroatoms. The summed E-state index contributed by atoms with van der Waals surface area (Å²) in [5.74, 6) is 1.56. The van der Waals surface area contributed by atoms with Crippen LogP contribution >= 0.6 is 0 Å². The Morgan fingerprint density at radius 3 is 2.94 bits per heavy atom. The monoisotopic (exact) mass is 423 g/mol. The third-order valence-electron chi connectivity index (χ3n) is 4.94. The molecule has 1 aliphatic heterocycles. The minimum Gasteiger partial charge on any atom is -0.492 e. The van der Waals surface area contributed by atoms with E-state index in [-0.39, 0.29) is 18.7 Å². The Hall–Kier alpha value is -3.46. The molecule has 3 aromatic rings. The molecule has 1 aliphatic rings. The number of carbonyl (C=O) groups is 1. The number of ether oxygens (including phenoxy) is 2. The van der Waals surface area contributed by atoms with Gasteiger partial charge in [-0.05, 0) is 44.0 Å². The van der Waals surface area contributed by atoms with E-state index in [1.54, 1.807) is 17.3 Å². The molecule has 0 saturated carbocycles. The van der Waals surface area contributed by atoms with Gasteiger partial charge >= 0.3 is 6.03 Å². The lowest BCUT2D eigenvalue weighted by atomic mass is 10.1. The lowest BCUT2D eigenvalue weighted by Crippen LogP contribution is -2.45. The SMILES string of the molecule is CCOc1ccccc1NC(=O)N1CCCC(OCc2nc(-c3ccncc3)no2)C1. The molecule has 1 unspecified atom stereocenters. The molecule has 3 heterocycles. The fraction of sp³-hybridized carbons (Fsp3) is 0.364. The van der Waals surface area contributed by atoms with E-state index in [2.05, 4.69) is 20.4 Å². The van der Waals surface area contributed by atoms with Crippen molar-refractivity contribution < 1.29 is 18.8 Å². The van der Waals surface area contributed by atoms with Gasteiger partial charge in [-0.25, -0.2) is 4.79 Å². The van der Waals surface area contributed by atoms with Crippen LogP contribution in [0.5, 0.6) is 5.75 Å². The maximum Gasteiger partial charge on any atom is 0.322 e. The molecule has 1 atom stereocenters. The number of likely N-dealkylation sites (tertiary alicyclic amines) is 1. The van der Waals surface area contributed by atoms with E-state index in [0.717, 1.165) is 18.4 Å². The largest absolute Gasteiger partial charge is 0.492 e. The van der Waals surface area contributed by atoms with Crippen LogP contribution in [0.2, 0.25) is 0 Å². The van der Waals surface area contributed by atoms with Gasteiger partial charge in [-0.2, -0.15) is 4.98 Å². The number of nitrogens with zero attached hydrogens (tertiary/aromatic N) is 4. The van der Waals surface area contributed by atoms with Gasteiger partial charge in [-0.1, -0.05) is 17.3 Å². The second-order valence-corrected chi connectivity index (χ2v) is 7.13. The topological polar surface area (TPSA) is 103 Å². The number of hydrogen-bond acceptors (Lipinski definition) is 7. The lowest BCUT2D eigenvalue weighted by Gasteiger charge is -2.32. The zero-order valence-electron chi connectivity index (χ0n) is 17.4. The second kappa shape index (κ2) is 10.0. The zero-order valence-corrected chi connectivity index (χ0v) is 17.4. The normalized spacial score (nSPS) is 16.2. The first-order valence-corrected chi connectivity index (χ1v) is 10.3. The fourth-order valence-corrected chi connectivity index (χ4v) is 3.43. The summed E-state index contributed by atoms with van der Waals surface area (Å²) in [5, 5.41) is 6.92. The molecule has 1 aromatic carbocycles. The molecule has 1 fully saturated rings. The Kier molecular flexibility index (Phi) is 6.73. The highest BCUT2D eigenvalue weighted by Gasteiger charge is 2.25. The molecule has 31 heavy (non-hydrogen) atoms. The van der Waals surface area contributed by atoms with Crippen LogP contribution in [0.25, 0.3) is 11.4 Å². The van der Waals surface area contributed by atoms with Gasteiger partial charge in [0.2, 0.25) is 5.82 Å². The summed E-state index contributed by atoms with van der Waals surface area (Å²) in [4.78, 5) is 22.9. The van der Waals surface area contributed by atoms with Crippen molar-refractivity contribution in [1.82, 2.24) is 20.0 Å². The smallest absolute Gasteiger partial charge is 0.322 e. The zero-order chi connectivity index (χ0) is 21.5. The van der Waals surface area contributed by atoms with Gasteiger partial charge in [0.15, 0.2) is 0 Å². The van der Waals surface area contributed by atoms with Crippen LogP contribution < -0.4 is 10.1 Å². The standard InChI is InChI=1S/C22H25N5O4/c1-2-29-19-8-4-3-7-18(19)24-22(28)27-13-5-6-17(14-27)30-15-20-25-21(26-31-20)16-9-11-23-12-10-16/h3-4,7-12,17H,2,5-6,13-15H2,1H3,(H,24,28). The minimum atomic E-state index is -0.168. The van der Waals surface area contributed by atoms with Gasteiger partial charge in [0.25, 0.3) is 5.89 Å². The Balaban J connectivity index is 1.31. The molecule has 0 bridgehead atoms. The van der Waals surface area contributed by atoms with Crippen LogP contribution in [-0.2, 0) is 11.3 Å². The highest BCUT2D eigenvalue weighted by molar-refractivity contribution is 5.91. The number of nitrogens with one attached hydrogen (secondary N) is 1. The summed E-state index contributed by atoms with van der Waals surface area (Å²) in [6, 6.07) is 10.9. The summed E-state index contributed by atoms with van der Waals surface area (Å²) in [6.07, 6.45) is 4.98. The number of carbonyl (C=O) groups excluding carboxylic acids is 1. The lowest BCUT2D eigenvalue weighted by molar-refractivity contribution is -0.00916. The Morgan fingerprint density at radius 1 is 1.26 bits per heavy atom. The van der Waals surface area contributed by atoms with Crippen molar-refractivity contribution in [1.29, 1.82) is 0 Å². The number of rotatable bonds is 7. The number of urea groups is 1. The van der Waals surface area contributed by atoms with Gasteiger partial charge in [0.05, 0.1) is 18.4 Å². The molecule has 1 N–H and O–H groups in total. The van der Waals surface area contributed by atoms with Gasteiger partial charge in [0, 0.05) is 31.0 Å². The second-order valence-electron chi connectivity index (χ2n) is 7.13. The van der Waals surface area contributed by atoms with Crippen molar-refractivity contribution in [3.05, 3.63) is 54.7 Å². The predicted molar refractivity (Wildman–Crippen MR) is 114 cm³/mol. The van der Waals surface area contributed by atoms with Crippen LogP contribution in [0, 0.1) is 0 Å². The van der Waals surface area contributed by atoms with Gasteiger partial charge in [-0.15, -0.1) is 0 Å². The van der Waals surface area contributed by atoms with E-state index < -0.39 is 0 Å². The maximum atomic E-state index is 12.8. The fourth-order valence-electron chi connectivity index (χ4n) is 3.43. The molecule has 0 spiro atoms. The number of hydrogen-bond donors (Lipinski definition) is 1. The highest BCUT2D eigenvalue weighted by Crippen LogP contribution is 2.25. The van der Waals surface area contributed by atoms with Crippen LogP contribution in [0.3, 0.4) is 0 Å². The van der Waals surface area contributed by atoms with E-state index in [1.807, 2.05) is 43.3 Å². The molecule has 9 nitrogen and oxygen atoms in total. The number of para-hydroxylation sites is 2. The first-order valence-electron chi connectivity index (χ1n) is 10.3. The summed E-state index contributed by atoms with van der Waals surface area (Å²) in [5.41, 5.74) is 1.49. The number of piperidine rings is 1. The number of benzene rings is 1. The summed E-state index contributed by atoms with van der Waals surface area (Å²) >= 11 is 0. The number of aromatic nitrogens is 3. The summed E-state index contributed by atoms with van der Waals surface area (Å²) in [6.45, 7) is 3.81. The average Bonchev–Trinajstić information content (AvgIpc) is 3.29. The molecule has 0 radical (unpaired) electrons. The average molecular weight is 423 g/mol. The third-order valence-corrected chi connectivity index (χ3v) is 4.94. The molecule has 162 valence electrons. The van der Waals surface area contributed by atoms with Crippen molar-refractivity contribution in [3.63, 3.8) is 0 Å². The minimum absolute atomic E-state index is 0.0992. The van der Waals surface area contributed by atoms with Crippen LogP contribution in [0.4, 0.5) is 10.5 Å². The Morgan fingerprint density at radius 2 is 2.10 bits per heavy atom. The summed E-state index contributed by atoms with van der Waals surface area (Å²) < 4.78 is 16.8. The molecule has 0 aliphatic carbocycles. The van der Waals surface area contributed by atoms with E-state index in [0.29, 0.717) is 42.8 Å². The van der Waals surface area contributed by atoms with E-state index >= 15 is 0 Å². The molecular weight excluding hydrogens is 398 g/mol. The Labute approximate surface area is 180 Å². The van der Waals surface area contributed by atoms with Crippen LogP contribution in [0.1, 0.15) is 25.7 Å². The number of anilines is 1. The molecular formula is C22H25N5O4. The first-order chi connectivity index (χ1) is 15.2. The molecule has 2 amide bonds. The Bertz CT molecular complexity index is 994. The molecule has 4 rings (SSSR count).